The number of hydrogen-bond donors (Lipinski definition) is 1. The summed E-state index contributed by atoms with van der Waals surface area (Å²) in [7, 11) is 0.155. The van der Waals surface area contributed by atoms with Crippen LogP contribution in [0.1, 0.15) is 5.69 Å². The maximum absolute atomic E-state index is 6.88. The van der Waals surface area contributed by atoms with Crippen molar-refractivity contribution < 1.29 is 0 Å². The normalized spacial score (nSPS) is 12.6. The van der Waals surface area contributed by atoms with Crippen LogP contribution in [0.15, 0.2) is 11.1 Å². The van der Waals surface area contributed by atoms with Gasteiger partial charge in [-0.2, -0.15) is 9.73 Å². The summed E-state index contributed by atoms with van der Waals surface area (Å²) >= 11 is 0. The molecular formula is C6H6N5P. The van der Waals surface area contributed by atoms with E-state index < -0.39 is 0 Å². The number of rotatable bonds is 1. The number of hydrogen-bond acceptors (Lipinski definition) is 4. The second-order valence-electron chi connectivity index (χ2n) is 2.31. The highest BCUT2D eigenvalue weighted by Gasteiger charge is 2.03. The molecule has 5 nitrogen and oxygen atoms in total. The highest BCUT2D eigenvalue weighted by Crippen LogP contribution is 2.14. The van der Waals surface area contributed by atoms with Crippen LogP contribution < -0.4 is 0 Å². The molecule has 0 aliphatic rings. The van der Waals surface area contributed by atoms with Gasteiger partial charge in [0.2, 0.25) is 0 Å². The Kier molecular flexibility index (Phi) is 1.35. The minimum Gasteiger partial charge on any atom is -0.342 e. The van der Waals surface area contributed by atoms with E-state index >= 15 is 0 Å². The van der Waals surface area contributed by atoms with E-state index in [-0.39, 0.29) is 8.98 Å². The lowest BCUT2D eigenvalue weighted by Gasteiger charge is -1.94. The van der Waals surface area contributed by atoms with Crippen LogP contribution in [0.5, 0.6) is 0 Å². The highest BCUT2D eigenvalue weighted by molar-refractivity contribution is 7.04. The van der Waals surface area contributed by atoms with Crippen LogP contribution in [-0.4, -0.2) is 21.2 Å². The number of nitrogens with zero attached hydrogens (tertiary/aromatic N) is 4. The van der Waals surface area contributed by atoms with Gasteiger partial charge in [0, 0.05) is 0 Å². The Morgan fingerprint density at radius 1 is 1.67 bits per heavy atom. The Morgan fingerprint density at radius 2 is 2.58 bits per heavy atom. The quantitative estimate of drug-likeness (QED) is 0.679. The van der Waals surface area contributed by atoms with Gasteiger partial charge in [0.25, 0.3) is 5.95 Å². The minimum atomic E-state index is 0.155. The van der Waals surface area contributed by atoms with E-state index in [1.54, 1.807) is 6.33 Å². The molecular weight excluding hydrogens is 173 g/mol. The fraction of sp³-hybridized carbons (Fsp3) is 0.167. The molecule has 2 rings (SSSR count). The SMILES string of the molecule is [3H]P=Nc1nc(C)c2[nH]cnc2n1. The van der Waals surface area contributed by atoms with E-state index in [0.717, 1.165) is 11.2 Å². The second-order valence-corrected chi connectivity index (χ2v) is 2.51. The van der Waals surface area contributed by atoms with Gasteiger partial charge in [-0.15, -0.1) is 0 Å². The first-order chi connectivity index (χ1) is 6.31. The number of aromatic amines is 1. The fourth-order valence-corrected chi connectivity index (χ4v) is 1.10. The van der Waals surface area contributed by atoms with E-state index in [9.17, 15) is 0 Å². The smallest absolute Gasteiger partial charge is 0.255 e. The Morgan fingerprint density at radius 3 is 3.42 bits per heavy atom. The summed E-state index contributed by atoms with van der Waals surface area (Å²) in [6.07, 6.45) is 1.56. The molecule has 0 aromatic carbocycles. The van der Waals surface area contributed by atoms with Crippen molar-refractivity contribution in [2.45, 2.75) is 6.92 Å². The molecule has 0 saturated heterocycles. The third kappa shape index (κ3) is 0.987. The Bertz CT molecular complexity index is 465. The fourth-order valence-electron chi connectivity index (χ4n) is 1.01. The summed E-state index contributed by atoms with van der Waals surface area (Å²) in [5, 5.41) is 0. The van der Waals surface area contributed by atoms with Crippen LogP contribution >= 0.6 is 8.98 Å². The molecule has 0 fully saturated rings. The number of nitrogens with one attached hydrogen (secondary N) is 1. The highest BCUT2D eigenvalue weighted by atomic mass is 31.0. The van der Waals surface area contributed by atoms with Gasteiger partial charge in [0.05, 0.1) is 12.0 Å². The number of aromatic nitrogens is 4. The Labute approximate surface area is 71.9 Å². The molecule has 0 spiro atoms. The second kappa shape index (κ2) is 2.60. The Hall–Kier alpha value is -1.35. The van der Waals surface area contributed by atoms with Crippen LogP contribution in [0.25, 0.3) is 11.2 Å². The van der Waals surface area contributed by atoms with Crippen molar-refractivity contribution in [2.75, 3.05) is 0 Å². The summed E-state index contributed by atoms with van der Waals surface area (Å²) in [5.74, 6) is 0.314. The molecule has 0 radical (unpaired) electrons. The first-order valence-electron chi connectivity index (χ1n) is 3.79. The van der Waals surface area contributed by atoms with Crippen molar-refractivity contribution in [3.8, 4) is 0 Å². The van der Waals surface area contributed by atoms with E-state index in [1.807, 2.05) is 6.92 Å². The van der Waals surface area contributed by atoms with Gasteiger partial charge in [-0.25, -0.2) is 9.97 Å². The average Bonchev–Trinajstić information content (AvgIpc) is 2.53. The van der Waals surface area contributed by atoms with Crippen LogP contribution in [-0.2, 0) is 0 Å². The zero-order valence-electron chi connectivity index (χ0n) is 7.31. The predicted molar refractivity (Wildman–Crippen MR) is 46.8 cm³/mol. The zero-order valence-corrected chi connectivity index (χ0v) is 7.21. The molecule has 0 bridgehead atoms. The molecule has 2 heterocycles. The van der Waals surface area contributed by atoms with Gasteiger partial charge < -0.3 is 4.98 Å². The summed E-state index contributed by atoms with van der Waals surface area (Å²) in [6.45, 7) is 1.85. The van der Waals surface area contributed by atoms with E-state index in [0.29, 0.717) is 11.6 Å². The van der Waals surface area contributed by atoms with Gasteiger partial charge in [0.15, 0.2) is 5.65 Å². The molecule has 0 unspecified atom stereocenters. The number of aryl methyl sites for hydroxylation is 1. The lowest BCUT2D eigenvalue weighted by Crippen LogP contribution is -1.87. The van der Waals surface area contributed by atoms with Crippen molar-refractivity contribution in [3.63, 3.8) is 0 Å². The third-order valence-electron chi connectivity index (χ3n) is 1.54. The van der Waals surface area contributed by atoms with Gasteiger partial charge in [0.1, 0.15) is 6.80 Å². The summed E-state index contributed by atoms with van der Waals surface area (Å²) in [4.78, 5) is 15.0. The molecule has 6 heteroatoms. The first-order valence-corrected chi connectivity index (χ1v) is 3.74. The maximum Gasteiger partial charge on any atom is 0.255 e. The van der Waals surface area contributed by atoms with E-state index in [1.165, 1.54) is 0 Å². The van der Waals surface area contributed by atoms with E-state index in [2.05, 4.69) is 24.7 Å². The number of H-pyrrole nitrogens is 1. The van der Waals surface area contributed by atoms with E-state index in [4.69, 9.17) is 1.28 Å². The maximum atomic E-state index is 6.88. The largest absolute Gasteiger partial charge is 0.342 e. The number of fused-ring (bicyclic) bond motifs is 1. The molecule has 12 heavy (non-hydrogen) atoms. The molecule has 2 aromatic rings. The predicted octanol–water partition coefficient (Wildman–Crippen LogP) is 1.62. The standard InChI is InChI=1S/C6H6N5P/c1-3-4-5(8-2-7-4)10-6(9-3)11-12/h2,12H,1H3,(H,7,8,9,10)/i12T. The summed E-state index contributed by atoms with van der Waals surface area (Å²) in [5.41, 5.74) is 2.21. The minimum absolute atomic E-state index is 0.155. The molecule has 2 aromatic heterocycles. The van der Waals surface area contributed by atoms with Crippen LogP contribution in [0.2, 0.25) is 0 Å². The first kappa shape index (κ1) is 6.20. The average molecular weight is 181 g/mol. The van der Waals surface area contributed by atoms with Gasteiger partial charge in [-0.3, -0.25) is 0 Å². The molecule has 0 aliphatic carbocycles. The topological polar surface area (TPSA) is 66.8 Å². The molecule has 60 valence electrons. The van der Waals surface area contributed by atoms with Crippen molar-refractivity contribution in [1.29, 1.82) is 1.28 Å². The number of imidazole rings is 1. The van der Waals surface area contributed by atoms with Gasteiger partial charge >= 0.3 is 0 Å². The molecule has 0 aliphatic heterocycles. The van der Waals surface area contributed by atoms with Crippen molar-refractivity contribution in [2.24, 2.45) is 4.74 Å². The molecule has 0 saturated carbocycles. The zero-order chi connectivity index (χ0) is 9.26. The van der Waals surface area contributed by atoms with Crippen LogP contribution in [0, 0.1) is 6.92 Å². The summed E-state index contributed by atoms with van der Waals surface area (Å²) in [6, 6.07) is 0. The third-order valence-corrected chi connectivity index (χ3v) is 1.72. The van der Waals surface area contributed by atoms with Gasteiger partial charge in [-0.05, 0) is 15.9 Å². The lowest BCUT2D eigenvalue weighted by atomic mass is 10.4. The van der Waals surface area contributed by atoms with Crippen molar-refractivity contribution >= 4 is 26.1 Å². The van der Waals surface area contributed by atoms with Crippen molar-refractivity contribution in [3.05, 3.63) is 12.0 Å². The summed E-state index contributed by atoms with van der Waals surface area (Å²) < 4.78 is 10.6. The monoisotopic (exact) mass is 181 g/mol. The lowest BCUT2D eigenvalue weighted by molar-refractivity contribution is 1.12. The molecule has 1 N–H and O–H groups in total. The molecule has 0 atom stereocenters. The van der Waals surface area contributed by atoms with Crippen LogP contribution in [0.4, 0.5) is 5.95 Å². The molecule has 0 amide bonds. The van der Waals surface area contributed by atoms with Crippen LogP contribution in [0.3, 0.4) is 0 Å². The van der Waals surface area contributed by atoms with Crippen molar-refractivity contribution in [1.82, 2.24) is 19.9 Å². The Balaban J connectivity index is 2.69. The van der Waals surface area contributed by atoms with Gasteiger partial charge in [-0.1, -0.05) is 0 Å².